The van der Waals surface area contributed by atoms with Crippen LogP contribution in [0.4, 0.5) is 0 Å². The summed E-state index contributed by atoms with van der Waals surface area (Å²) < 4.78 is 0. The van der Waals surface area contributed by atoms with Crippen molar-refractivity contribution in [1.29, 1.82) is 0 Å². The van der Waals surface area contributed by atoms with Crippen LogP contribution in [-0.4, -0.2) is 16.8 Å². The molecule has 0 saturated carbocycles. The van der Waals surface area contributed by atoms with Crippen LogP contribution in [0.1, 0.15) is 32.8 Å². The predicted octanol–water partition coefficient (Wildman–Crippen LogP) is 4.19. The van der Waals surface area contributed by atoms with Crippen LogP contribution in [0.2, 0.25) is 0 Å². The molecule has 0 aliphatic carbocycles. The minimum Gasteiger partial charge on any atom is -0.295 e. The van der Waals surface area contributed by atoms with Crippen molar-refractivity contribution in [2.45, 2.75) is 32.4 Å². The fourth-order valence-corrected chi connectivity index (χ4v) is 2.48. The highest BCUT2D eigenvalue weighted by Crippen LogP contribution is 2.17. The van der Waals surface area contributed by atoms with Crippen molar-refractivity contribution < 1.29 is 4.79 Å². The van der Waals surface area contributed by atoms with E-state index in [-0.39, 0.29) is 5.78 Å². The van der Waals surface area contributed by atoms with E-state index in [9.17, 15) is 4.79 Å². The van der Waals surface area contributed by atoms with E-state index in [1.807, 2.05) is 55.1 Å². The summed E-state index contributed by atoms with van der Waals surface area (Å²) in [6, 6.07) is 9.98. The lowest BCUT2D eigenvalue weighted by molar-refractivity contribution is -0.115. The molecule has 1 atom stereocenters. The second-order valence-electron chi connectivity index (χ2n) is 4.13. The molecule has 0 spiro atoms. The van der Waals surface area contributed by atoms with Gasteiger partial charge in [0.05, 0.1) is 0 Å². The van der Waals surface area contributed by atoms with Gasteiger partial charge in [-0.1, -0.05) is 44.2 Å². The average molecular weight is 248 g/mol. The van der Waals surface area contributed by atoms with Crippen LogP contribution in [0, 0.1) is 0 Å². The Balaban J connectivity index is 2.61. The monoisotopic (exact) mass is 248 g/mol. The number of allylic oxidation sites excluding steroid dienone is 1. The van der Waals surface area contributed by atoms with Gasteiger partial charge in [0.25, 0.3) is 0 Å². The van der Waals surface area contributed by atoms with Crippen molar-refractivity contribution in [1.82, 2.24) is 0 Å². The van der Waals surface area contributed by atoms with Gasteiger partial charge in [-0.25, -0.2) is 0 Å². The van der Waals surface area contributed by atoms with Gasteiger partial charge in [0.2, 0.25) is 0 Å². The maximum absolute atomic E-state index is 12.0. The zero-order valence-electron chi connectivity index (χ0n) is 10.8. The van der Waals surface area contributed by atoms with Crippen molar-refractivity contribution in [3.05, 3.63) is 41.5 Å². The smallest absolute Gasteiger partial charge is 0.159 e. The Morgan fingerprint density at radius 1 is 1.35 bits per heavy atom. The fraction of sp³-hybridized carbons (Fsp3) is 0.400. The predicted molar refractivity (Wildman–Crippen MR) is 77.3 cm³/mol. The summed E-state index contributed by atoms with van der Waals surface area (Å²) in [5.41, 5.74) is 1.94. The summed E-state index contributed by atoms with van der Waals surface area (Å²) >= 11 is 1.84. The maximum atomic E-state index is 12.0. The molecule has 0 radical (unpaired) electrons. The third-order valence-electron chi connectivity index (χ3n) is 2.55. The first-order valence-corrected chi connectivity index (χ1v) is 7.06. The molecule has 2 heteroatoms. The second kappa shape index (κ2) is 7.33. The van der Waals surface area contributed by atoms with Crippen LogP contribution in [0.15, 0.2) is 35.9 Å². The lowest BCUT2D eigenvalue weighted by Crippen LogP contribution is -2.08. The highest BCUT2D eigenvalue weighted by atomic mass is 32.2. The maximum Gasteiger partial charge on any atom is 0.159 e. The van der Waals surface area contributed by atoms with E-state index in [4.69, 9.17) is 0 Å². The van der Waals surface area contributed by atoms with E-state index in [0.717, 1.165) is 16.9 Å². The third-order valence-corrected chi connectivity index (χ3v) is 3.62. The number of thioether (sulfide) groups is 1. The van der Waals surface area contributed by atoms with Crippen molar-refractivity contribution in [3.8, 4) is 0 Å². The molecule has 92 valence electrons. The Morgan fingerprint density at radius 2 is 2.00 bits per heavy atom. The Morgan fingerprint density at radius 3 is 2.59 bits per heavy atom. The van der Waals surface area contributed by atoms with Crippen LogP contribution >= 0.6 is 11.8 Å². The summed E-state index contributed by atoms with van der Waals surface area (Å²) in [5, 5.41) is 0.409. The number of carbonyl (C=O) groups is 1. The van der Waals surface area contributed by atoms with Gasteiger partial charge < -0.3 is 0 Å². The first-order valence-electron chi connectivity index (χ1n) is 6.01. The first kappa shape index (κ1) is 14.0. The average Bonchev–Trinajstić information content (AvgIpc) is 2.30. The van der Waals surface area contributed by atoms with Crippen LogP contribution in [0.5, 0.6) is 0 Å². The Kier molecular flexibility index (Phi) is 6.06. The molecule has 0 aliphatic rings. The van der Waals surface area contributed by atoms with Gasteiger partial charge in [0.15, 0.2) is 5.78 Å². The van der Waals surface area contributed by atoms with Crippen molar-refractivity contribution in [3.63, 3.8) is 0 Å². The van der Waals surface area contributed by atoms with Gasteiger partial charge in [-0.15, -0.1) is 0 Å². The van der Waals surface area contributed by atoms with Gasteiger partial charge in [-0.05, 0) is 29.9 Å². The van der Waals surface area contributed by atoms with Gasteiger partial charge in [-0.2, -0.15) is 11.8 Å². The second-order valence-corrected chi connectivity index (χ2v) is 5.85. The van der Waals surface area contributed by atoms with Crippen LogP contribution in [0.25, 0.3) is 6.08 Å². The number of benzene rings is 1. The summed E-state index contributed by atoms with van der Waals surface area (Å²) in [6.45, 7) is 6.14. The third kappa shape index (κ3) is 5.22. The number of rotatable bonds is 6. The molecule has 1 rings (SSSR count). The molecular weight excluding hydrogens is 228 g/mol. The minimum atomic E-state index is 0.252. The van der Waals surface area contributed by atoms with Crippen LogP contribution in [-0.2, 0) is 4.79 Å². The van der Waals surface area contributed by atoms with Gasteiger partial charge >= 0.3 is 0 Å². The molecule has 0 saturated heterocycles. The standard InChI is InChI=1S/C15H20OS/c1-4-17-13(3)11-15(16)12(2)10-14-8-6-5-7-9-14/h5-10,13H,4,11H2,1-3H3. The van der Waals surface area contributed by atoms with Crippen molar-refractivity contribution in [2.75, 3.05) is 5.75 Å². The lowest BCUT2D eigenvalue weighted by atomic mass is 10.1. The quantitative estimate of drug-likeness (QED) is 0.702. The molecule has 17 heavy (non-hydrogen) atoms. The van der Waals surface area contributed by atoms with Crippen molar-refractivity contribution in [2.24, 2.45) is 0 Å². The highest BCUT2D eigenvalue weighted by Gasteiger charge is 2.10. The fourth-order valence-electron chi connectivity index (χ4n) is 1.65. The SMILES string of the molecule is CCSC(C)CC(=O)C(C)=Cc1ccccc1. The largest absolute Gasteiger partial charge is 0.295 e. The molecule has 1 unspecified atom stereocenters. The zero-order chi connectivity index (χ0) is 12.7. The molecular formula is C15H20OS. The molecule has 0 fully saturated rings. The topological polar surface area (TPSA) is 17.1 Å². The first-order chi connectivity index (χ1) is 8.13. The summed E-state index contributed by atoms with van der Waals surface area (Å²) in [4.78, 5) is 12.0. The normalized spacial score (nSPS) is 13.5. The van der Waals surface area contributed by atoms with E-state index in [1.165, 1.54) is 0 Å². The molecule has 0 aliphatic heterocycles. The number of Topliss-reactive ketones (excluding diaryl/α,β-unsaturated/α-hetero) is 1. The highest BCUT2D eigenvalue weighted by molar-refractivity contribution is 7.99. The molecule has 1 aromatic rings. The number of hydrogen-bond acceptors (Lipinski definition) is 2. The molecule has 0 amide bonds. The Labute approximate surface area is 108 Å². The summed E-state index contributed by atoms with van der Waals surface area (Å²) in [6.07, 6.45) is 2.60. The van der Waals surface area contributed by atoms with Crippen LogP contribution < -0.4 is 0 Å². The van der Waals surface area contributed by atoms with Gasteiger partial charge in [0.1, 0.15) is 0 Å². The number of carbonyl (C=O) groups excluding carboxylic acids is 1. The molecule has 1 aromatic carbocycles. The molecule has 1 nitrogen and oxygen atoms in total. The van der Waals surface area contributed by atoms with Gasteiger partial charge in [-0.3, -0.25) is 4.79 Å². The number of ketones is 1. The Hall–Kier alpha value is -1.02. The zero-order valence-corrected chi connectivity index (χ0v) is 11.6. The van der Waals surface area contributed by atoms with E-state index in [1.54, 1.807) is 0 Å². The van der Waals surface area contributed by atoms with Gasteiger partial charge in [0, 0.05) is 11.7 Å². The van der Waals surface area contributed by atoms with E-state index >= 15 is 0 Å². The summed E-state index contributed by atoms with van der Waals surface area (Å²) in [7, 11) is 0. The van der Waals surface area contributed by atoms with E-state index < -0.39 is 0 Å². The molecule has 0 aromatic heterocycles. The lowest BCUT2D eigenvalue weighted by Gasteiger charge is -2.08. The molecule has 0 N–H and O–H groups in total. The molecule has 0 heterocycles. The number of hydrogen-bond donors (Lipinski definition) is 0. The van der Waals surface area contributed by atoms with E-state index in [2.05, 4.69) is 13.8 Å². The minimum absolute atomic E-state index is 0.252. The summed E-state index contributed by atoms with van der Waals surface area (Å²) in [5.74, 6) is 1.32. The Bertz CT molecular complexity index is 381. The van der Waals surface area contributed by atoms with Crippen LogP contribution in [0.3, 0.4) is 0 Å². The van der Waals surface area contributed by atoms with Crippen molar-refractivity contribution >= 4 is 23.6 Å². The molecule has 0 bridgehead atoms. The van der Waals surface area contributed by atoms with E-state index in [0.29, 0.717) is 11.7 Å².